The van der Waals surface area contributed by atoms with Crippen LogP contribution < -0.4 is 0 Å². The number of aliphatic hydroxyl groups excluding tert-OH is 2. The van der Waals surface area contributed by atoms with Gasteiger partial charge in [0.25, 0.3) is 11.7 Å². The number of carbonyl (C=O) groups is 5. The van der Waals surface area contributed by atoms with Gasteiger partial charge in [0.2, 0.25) is 5.79 Å². The number of fused-ring (bicyclic) bond motifs is 3. The van der Waals surface area contributed by atoms with Gasteiger partial charge in [-0.2, -0.15) is 0 Å². The van der Waals surface area contributed by atoms with Crippen molar-refractivity contribution in [3.63, 3.8) is 0 Å². The number of hydrogen-bond donors (Lipinski definition) is 3. The highest BCUT2D eigenvalue weighted by atomic mass is 16.6. The number of hydrogen-bond acceptors (Lipinski definition) is 14. The van der Waals surface area contributed by atoms with E-state index in [1.807, 2.05) is 58.1 Å². The number of esters is 1. The Labute approximate surface area is 405 Å². The van der Waals surface area contributed by atoms with Gasteiger partial charge in [-0.3, -0.25) is 19.2 Å². The molecule has 0 aromatic rings. The van der Waals surface area contributed by atoms with Gasteiger partial charge in [0.05, 0.1) is 43.7 Å². The summed E-state index contributed by atoms with van der Waals surface area (Å²) >= 11 is 0. The van der Waals surface area contributed by atoms with Gasteiger partial charge in [-0.15, -0.1) is 0 Å². The Morgan fingerprint density at radius 2 is 1.57 bits per heavy atom. The quantitative estimate of drug-likeness (QED) is 0.172. The third-order valence-electron chi connectivity index (χ3n) is 15.3. The van der Waals surface area contributed by atoms with Crippen molar-refractivity contribution in [3.8, 4) is 0 Å². The summed E-state index contributed by atoms with van der Waals surface area (Å²) < 4.78 is 35.6. The van der Waals surface area contributed by atoms with Crippen molar-refractivity contribution in [1.82, 2.24) is 4.90 Å². The Balaban J connectivity index is 1.67. The van der Waals surface area contributed by atoms with E-state index in [-0.39, 0.29) is 80.5 Å². The summed E-state index contributed by atoms with van der Waals surface area (Å²) in [7, 11) is 4.62. The summed E-state index contributed by atoms with van der Waals surface area (Å²) in [6, 6.07) is -1.13. The molecule has 15 nitrogen and oxygen atoms in total. The zero-order valence-corrected chi connectivity index (χ0v) is 42.6. The second-order valence-corrected chi connectivity index (χ2v) is 20.6. The first kappa shape index (κ1) is 57.4. The number of cyclic esters (lactones) is 1. The van der Waals surface area contributed by atoms with Crippen LogP contribution in [0.25, 0.3) is 0 Å². The number of aliphatic hydroxyl groups is 3. The van der Waals surface area contributed by atoms with Crippen LogP contribution in [-0.2, 0) is 52.4 Å². The lowest BCUT2D eigenvalue weighted by Crippen LogP contribution is -2.61. The van der Waals surface area contributed by atoms with E-state index in [0.29, 0.717) is 57.8 Å². The zero-order chi connectivity index (χ0) is 50.3. The largest absolute Gasteiger partial charge is 0.460 e. The standard InChI is InChI=1S/C53H85NO14/c1-32-16-12-11-13-17-33(2)44(63-8)30-40-21-19-38(7)53(62,68-40)50(59)51(60)54-23-15-14-18-41(54)52(61)67-45(35(4)28-39-20-22-43(66-25-24-55)46(29-39)64-9)31-42(56)34(3)27-37(6)48(58)49(65-10)47(57)36(5)26-32/h11-13,16-17,32,34-41,43-46,48-49,55,58,62H,14-15,18-31H2,1-10H3/b13-11+,16-12+,33-17+/t32-,34-,35-,36-,37?,38-,39-,40+,41+,43-,44+,45+,46-,48-,49+,53-/m1/s1. The van der Waals surface area contributed by atoms with Crippen LogP contribution in [0.2, 0.25) is 0 Å². The van der Waals surface area contributed by atoms with Crippen molar-refractivity contribution in [1.29, 1.82) is 0 Å². The van der Waals surface area contributed by atoms with Crippen LogP contribution in [0.5, 0.6) is 0 Å². The van der Waals surface area contributed by atoms with Gasteiger partial charge in [-0.25, -0.2) is 4.79 Å². The van der Waals surface area contributed by atoms with Crippen LogP contribution in [0.4, 0.5) is 0 Å². The fourth-order valence-electron chi connectivity index (χ4n) is 10.8. The third-order valence-corrected chi connectivity index (χ3v) is 15.3. The van der Waals surface area contributed by atoms with E-state index in [9.17, 15) is 39.3 Å². The lowest BCUT2D eigenvalue weighted by atomic mass is 9.78. The van der Waals surface area contributed by atoms with Gasteiger partial charge >= 0.3 is 5.97 Å². The van der Waals surface area contributed by atoms with E-state index in [4.69, 9.17) is 28.4 Å². The highest BCUT2D eigenvalue weighted by molar-refractivity contribution is 6.39. The number of ketones is 3. The molecule has 3 aliphatic heterocycles. The highest BCUT2D eigenvalue weighted by Crippen LogP contribution is 2.38. The molecule has 4 rings (SSSR count). The minimum absolute atomic E-state index is 0.0304. The van der Waals surface area contributed by atoms with Gasteiger partial charge in [-0.1, -0.05) is 71.9 Å². The summed E-state index contributed by atoms with van der Waals surface area (Å²) in [5, 5.41) is 32.9. The predicted molar refractivity (Wildman–Crippen MR) is 256 cm³/mol. The maximum atomic E-state index is 14.5. The Morgan fingerprint density at radius 3 is 2.25 bits per heavy atom. The van der Waals surface area contributed by atoms with Crippen LogP contribution >= 0.6 is 0 Å². The van der Waals surface area contributed by atoms with Gasteiger partial charge in [0.1, 0.15) is 24.0 Å². The number of methoxy groups -OCH3 is 3. The summed E-state index contributed by atoms with van der Waals surface area (Å²) in [5.41, 5.74) is 0.883. The first-order valence-corrected chi connectivity index (χ1v) is 25.3. The number of carbonyl (C=O) groups excluding carboxylic acids is 5. The smallest absolute Gasteiger partial charge is 0.329 e. The van der Waals surface area contributed by atoms with Crippen LogP contribution in [0.15, 0.2) is 36.0 Å². The SMILES string of the molecule is CO[C@H]1C[C@@H]2CC[C@@H](C)[C@@](O)(O2)C(=O)C(=O)N2CCCC[C@H]2C(=O)O[C@H]([C@H](C)C[C@H]2CC[C@@H](OCCO)[C@H](OC)C2)CC(=O)[C@H](C)CC(C)[C@@H](O)[C@@H](OC)C(=O)[C@H](C)C[C@H](C)/C=C/C=C/C=C/1C. The lowest BCUT2D eigenvalue weighted by Gasteiger charge is -2.42. The van der Waals surface area contributed by atoms with Gasteiger partial charge in [0.15, 0.2) is 5.78 Å². The first-order chi connectivity index (χ1) is 32.3. The molecule has 2 bridgehead atoms. The molecule has 1 saturated carbocycles. The molecule has 2 saturated heterocycles. The molecule has 3 N–H and O–H groups in total. The maximum absolute atomic E-state index is 14.5. The first-order valence-electron chi connectivity index (χ1n) is 25.3. The summed E-state index contributed by atoms with van der Waals surface area (Å²) in [5.74, 6) is -8.07. The van der Waals surface area contributed by atoms with Crippen molar-refractivity contribution < 1.29 is 67.7 Å². The van der Waals surface area contributed by atoms with Crippen LogP contribution in [-0.4, -0.2) is 145 Å². The topological polar surface area (TPSA) is 205 Å². The van der Waals surface area contributed by atoms with E-state index in [1.54, 1.807) is 35.0 Å². The summed E-state index contributed by atoms with van der Waals surface area (Å²) in [6.07, 6.45) is 11.1. The number of nitrogens with zero attached hydrogens (tertiary/aromatic N) is 1. The van der Waals surface area contributed by atoms with E-state index < -0.39 is 83.7 Å². The summed E-state index contributed by atoms with van der Waals surface area (Å²) in [4.78, 5) is 72.2. The molecule has 0 aromatic carbocycles. The Hall–Kier alpha value is -3.15. The van der Waals surface area contributed by atoms with E-state index >= 15 is 0 Å². The van der Waals surface area contributed by atoms with E-state index in [2.05, 4.69) is 0 Å². The highest BCUT2D eigenvalue weighted by Gasteiger charge is 2.53. The minimum Gasteiger partial charge on any atom is -0.460 e. The molecule has 3 fully saturated rings. The molecular formula is C53H85NO14. The summed E-state index contributed by atoms with van der Waals surface area (Å²) in [6.45, 7) is 13.2. The lowest BCUT2D eigenvalue weighted by molar-refractivity contribution is -0.265. The predicted octanol–water partition coefficient (Wildman–Crippen LogP) is 6.28. The number of ether oxygens (including phenoxy) is 6. The van der Waals surface area contributed by atoms with Gasteiger partial charge < -0.3 is 48.6 Å². The molecule has 4 aliphatic rings. The number of piperidine rings is 1. The second-order valence-electron chi connectivity index (χ2n) is 20.6. The van der Waals surface area contributed by atoms with Crippen molar-refractivity contribution in [2.24, 2.45) is 41.4 Å². The average Bonchev–Trinajstić information content (AvgIpc) is 3.32. The zero-order valence-electron chi connectivity index (χ0n) is 42.6. The third kappa shape index (κ3) is 15.4. The number of rotatable bonds is 9. The molecule has 386 valence electrons. The Kier molecular flexibility index (Phi) is 23.2. The van der Waals surface area contributed by atoms with E-state index in [0.717, 1.165) is 12.0 Å². The number of amides is 1. The Bertz CT molecular complexity index is 1750. The second kappa shape index (κ2) is 27.5. The molecule has 1 aliphatic carbocycles. The minimum atomic E-state index is -2.43. The van der Waals surface area contributed by atoms with Crippen molar-refractivity contribution in [2.45, 2.75) is 186 Å². The normalized spacial score (nSPS) is 39.6. The number of Topliss-reactive ketones (excluding diaryl/α,β-unsaturated/α-hetero) is 3. The molecule has 3 heterocycles. The fraction of sp³-hybridized carbons (Fsp3) is 0.792. The van der Waals surface area contributed by atoms with Crippen molar-refractivity contribution in [2.75, 3.05) is 41.1 Å². The molecule has 0 radical (unpaired) electrons. The monoisotopic (exact) mass is 960 g/mol. The van der Waals surface area contributed by atoms with Crippen LogP contribution in [0, 0.1) is 41.4 Å². The Morgan fingerprint density at radius 1 is 0.838 bits per heavy atom. The number of allylic oxidation sites excluding steroid dienone is 5. The molecule has 1 unspecified atom stereocenters. The molecule has 0 aromatic heterocycles. The van der Waals surface area contributed by atoms with Crippen molar-refractivity contribution in [3.05, 3.63) is 36.0 Å². The van der Waals surface area contributed by atoms with Crippen LogP contribution in [0.3, 0.4) is 0 Å². The van der Waals surface area contributed by atoms with Crippen molar-refractivity contribution >= 4 is 29.2 Å². The van der Waals surface area contributed by atoms with Crippen LogP contribution in [0.1, 0.15) is 132 Å². The fourth-order valence-corrected chi connectivity index (χ4v) is 10.8. The molecule has 0 spiro atoms. The molecule has 16 atom stereocenters. The van der Waals surface area contributed by atoms with E-state index in [1.165, 1.54) is 12.0 Å². The maximum Gasteiger partial charge on any atom is 0.329 e. The molecule has 15 heteroatoms. The average molecular weight is 960 g/mol. The molecule has 1 amide bonds. The molecular weight excluding hydrogens is 875 g/mol. The molecule has 68 heavy (non-hydrogen) atoms. The van der Waals surface area contributed by atoms with Gasteiger partial charge in [-0.05, 0) is 107 Å². The van der Waals surface area contributed by atoms with Gasteiger partial charge in [0, 0.05) is 58.5 Å².